The molecule has 7 heteroatoms. The van der Waals surface area contributed by atoms with E-state index >= 15 is 0 Å². The molecule has 0 aliphatic heterocycles. The van der Waals surface area contributed by atoms with Crippen molar-refractivity contribution in [3.8, 4) is 11.8 Å². The first kappa shape index (κ1) is 14.4. The second-order valence-corrected chi connectivity index (χ2v) is 5.71. The molecule has 3 rings (SSSR count). The van der Waals surface area contributed by atoms with Crippen LogP contribution >= 0.6 is 11.9 Å². The van der Waals surface area contributed by atoms with Crippen LogP contribution in [-0.4, -0.2) is 24.3 Å². The Morgan fingerprint density at radius 1 is 1.23 bits per heavy atom. The third kappa shape index (κ3) is 2.49. The van der Waals surface area contributed by atoms with Gasteiger partial charge < -0.3 is 0 Å². The maximum absolute atomic E-state index is 12.5. The van der Waals surface area contributed by atoms with Gasteiger partial charge in [0.25, 0.3) is 5.56 Å². The molecule has 2 heterocycles. The van der Waals surface area contributed by atoms with Gasteiger partial charge in [0.15, 0.2) is 11.2 Å². The number of rotatable bonds is 4. The maximum atomic E-state index is 12.5. The van der Waals surface area contributed by atoms with Crippen molar-refractivity contribution in [1.29, 1.82) is 5.26 Å². The van der Waals surface area contributed by atoms with Gasteiger partial charge in [-0.25, -0.2) is 9.97 Å². The molecule has 0 aliphatic carbocycles. The van der Waals surface area contributed by atoms with Gasteiger partial charge in [-0.3, -0.25) is 13.3 Å². The van der Waals surface area contributed by atoms with Gasteiger partial charge in [-0.1, -0.05) is 6.92 Å². The van der Waals surface area contributed by atoms with Gasteiger partial charge in [0.2, 0.25) is 0 Å². The van der Waals surface area contributed by atoms with Crippen LogP contribution in [0, 0.1) is 11.3 Å². The van der Waals surface area contributed by atoms with Gasteiger partial charge in [0.1, 0.15) is 12.7 Å². The van der Waals surface area contributed by atoms with Crippen molar-refractivity contribution in [1.82, 2.24) is 18.5 Å². The maximum Gasteiger partial charge on any atom is 0.286 e. The first-order valence-electron chi connectivity index (χ1n) is 6.83. The lowest BCUT2D eigenvalue weighted by atomic mass is 10.2. The molecule has 0 atom stereocenters. The van der Waals surface area contributed by atoms with Gasteiger partial charge >= 0.3 is 0 Å². The normalized spacial score (nSPS) is 10.7. The first-order valence-corrected chi connectivity index (χ1v) is 7.77. The van der Waals surface area contributed by atoms with E-state index in [0.29, 0.717) is 22.4 Å². The number of nitrogens with zero attached hydrogens (tertiary/aromatic N) is 5. The first-order chi connectivity index (χ1) is 10.7. The molecule has 0 bridgehead atoms. The largest absolute Gasteiger partial charge is 0.286 e. The zero-order valence-electron chi connectivity index (χ0n) is 11.9. The Bertz CT molecular complexity index is 904. The Kier molecular flexibility index (Phi) is 3.94. The summed E-state index contributed by atoms with van der Waals surface area (Å²) in [6, 6.07) is 8.83. The molecule has 0 saturated heterocycles. The highest BCUT2D eigenvalue weighted by atomic mass is 32.2. The van der Waals surface area contributed by atoms with Crippen molar-refractivity contribution >= 4 is 23.1 Å². The number of nitriles is 1. The molecule has 0 amide bonds. The third-order valence-corrected chi connectivity index (χ3v) is 4.27. The van der Waals surface area contributed by atoms with Crippen LogP contribution in [0.4, 0.5) is 0 Å². The second kappa shape index (κ2) is 6.03. The molecule has 0 fully saturated rings. The fraction of sp³-hybridized carbons (Fsp3) is 0.200. The number of hydrogen-bond donors (Lipinski definition) is 0. The van der Waals surface area contributed by atoms with Gasteiger partial charge in [0, 0.05) is 5.75 Å². The average molecular weight is 311 g/mol. The van der Waals surface area contributed by atoms with E-state index in [2.05, 4.69) is 23.0 Å². The van der Waals surface area contributed by atoms with Crippen molar-refractivity contribution in [3.63, 3.8) is 0 Å². The summed E-state index contributed by atoms with van der Waals surface area (Å²) in [7, 11) is 0. The summed E-state index contributed by atoms with van der Waals surface area (Å²) >= 11 is 1.58. The fourth-order valence-corrected chi connectivity index (χ4v) is 2.79. The molecule has 22 heavy (non-hydrogen) atoms. The van der Waals surface area contributed by atoms with E-state index in [4.69, 9.17) is 5.26 Å². The minimum atomic E-state index is -0.217. The molecule has 3 aromatic rings. The monoisotopic (exact) mass is 311 g/mol. The van der Waals surface area contributed by atoms with Crippen molar-refractivity contribution in [2.75, 3.05) is 5.75 Å². The molecule has 1 aromatic carbocycles. The Balaban J connectivity index is 2.07. The third-order valence-electron chi connectivity index (χ3n) is 3.14. The number of fused-ring (bicyclic) bond motifs is 1. The molecule has 0 N–H and O–H groups in total. The van der Waals surface area contributed by atoms with E-state index in [1.807, 2.05) is 3.97 Å². The molecule has 0 spiro atoms. The Hall–Kier alpha value is -2.59. The Morgan fingerprint density at radius 2 is 2.00 bits per heavy atom. The zero-order valence-corrected chi connectivity index (χ0v) is 12.7. The lowest BCUT2D eigenvalue weighted by Crippen LogP contribution is -2.19. The quantitative estimate of drug-likeness (QED) is 0.739. The smallest absolute Gasteiger partial charge is 0.266 e. The molecule has 110 valence electrons. The molecular formula is C15H13N5OS. The standard InChI is InChI=1S/C15H13N5OS/c1-2-7-22-20-10-17-13-14(20)18-9-19(15(13)21)12-5-3-11(8-16)4-6-12/h3-6,9-10H,2,7H2,1H3. The Morgan fingerprint density at radius 3 is 2.68 bits per heavy atom. The zero-order chi connectivity index (χ0) is 15.5. The van der Waals surface area contributed by atoms with Gasteiger partial charge in [-0.15, -0.1) is 0 Å². The van der Waals surface area contributed by atoms with E-state index in [0.717, 1.165) is 12.2 Å². The Labute approximate surface area is 131 Å². The summed E-state index contributed by atoms with van der Waals surface area (Å²) in [5, 5.41) is 8.82. The molecular weight excluding hydrogens is 298 g/mol. The highest BCUT2D eigenvalue weighted by molar-refractivity contribution is 7.97. The van der Waals surface area contributed by atoms with Gasteiger partial charge in [0.05, 0.1) is 17.3 Å². The van der Waals surface area contributed by atoms with Crippen molar-refractivity contribution < 1.29 is 0 Å². The van der Waals surface area contributed by atoms with Crippen LogP contribution in [0.15, 0.2) is 41.7 Å². The predicted octanol–water partition coefficient (Wildman–Crippen LogP) is 2.36. The van der Waals surface area contributed by atoms with Gasteiger partial charge in [-0.05, 0) is 42.6 Å². The van der Waals surface area contributed by atoms with E-state index in [1.54, 1.807) is 42.5 Å². The van der Waals surface area contributed by atoms with Crippen LogP contribution in [0.2, 0.25) is 0 Å². The van der Waals surface area contributed by atoms with Crippen molar-refractivity contribution in [2.24, 2.45) is 0 Å². The summed E-state index contributed by atoms with van der Waals surface area (Å²) in [6.45, 7) is 2.09. The topological polar surface area (TPSA) is 76.5 Å². The summed E-state index contributed by atoms with van der Waals surface area (Å²) in [4.78, 5) is 21.1. The number of imidazole rings is 1. The highest BCUT2D eigenvalue weighted by Crippen LogP contribution is 2.15. The molecule has 2 aromatic heterocycles. The molecule has 0 unspecified atom stereocenters. The number of aromatic nitrogens is 4. The van der Waals surface area contributed by atoms with Crippen LogP contribution in [0.3, 0.4) is 0 Å². The van der Waals surface area contributed by atoms with Crippen LogP contribution in [-0.2, 0) is 0 Å². The number of hydrogen-bond acceptors (Lipinski definition) is 5. The van der Waals surface area contributed by atoms with E-state index in [1.165, 1.54) is 10.9 Å². The van der Waals surface area contributed by atoms with Crippen LogP contribution in [0.1, 0.15) is 18.9 Å². The SMILES string of the molecule is CCCSn1cnc2c(=O)n(-c3ccc(C#N)cc3)cnc21. The van der Waals surface area contributed by atoms with Crippen LogP contribution in [0.25, 0.3) is 16.9 Å². The van der Waals surface area contributed by atoms with Crippen LogP contribution in [0.5, 0.6) is 0 Å². The minimum absolute atomic E-state index is 0.217. The van der Waals surface area contributed by atoms with Crippen molar-refractivity contribution in [2.45, 2.75) is 13.3 Å². The molecule has 0 radical (unpaired) electrons. The summed E-state index contributed by atoms with van der Waals surface area (Å²) in [6.07, 6.45) is 4.16. The average Bonchev–Trinajstić information content (AvgIpc) is 2.97. The second-order valence-electron chi connectivity index (χ2n) is 4.65. The summed E-state index contributed by atoms with van der Waals surface area (Å²) < 4.78 is 3.26. The summed E-state index contributed by atoms with van der Waals surface area (Å²) in [5.41, 5.74) is 1.91. The molecule has 0 saturated carbocycles. The molecule has 6 nitrogen and oxygen atoms in total. The van der Waals surface area contributed by atoms with Crippen molar-refractivity contribution in [3.05, 3.63) is 52.8 Å². The number of benzene rings is 1. The van der Waals surface area contributed by atoms with E-state index < -0.39 is 0 Å². The highest BCUT2D eigenvalue weighted by Gasteiger charge is 2.11. The summed E-state index contributed by atoms with van der Waals surface area (Å²) in [5.74, 6) is 0.936. The lowest BCUT2D eigenvalue weighted by Gasteiger charge is -2.05. The van der Waals surface area contributed by atoms with E-state index in [-0.39, 0.29) is 5.56 Å². The molecule has 0 aliphatic rings. The van der Waals surface area contributed by atoms with Crippen LogP contribution < -0.4 is 5.56 Å². The van der Waals surface area contributed by atoms with E-state index in [9.17, 15) is 4.79 Å². The predicted molar refractivity (Wildman–Crippen MR) is 86.0 cm³/mol. The fourth-order valence-electron chi connectivity index (χ4n) is 2.04. The minimum Gasteiger partial charge on any atom is -0.266 e. The lowest BCUT2D eigenvalue weighted by molar-refractivity contribution is 0.955. The van der Waals surface area contributed by atoms with Gasteiger partial charge in [-0.2, -0.15) is 5.26 Å².